The molecule has 0 heterocycles. The summed E-state index contributed by atoms with van der Waals surface area (Å²) in [6.45, 7) is 4.78. The van der Waals surface area contributed by atoms with Crippen molar-refractivity contribution in [2.45, 2.75) is 39.0 Å². The molecule has 1 unspecified atom stereocenters. The van der Waals surface area contributed by atoms with Crippen LogP contribution < -0.4 is 5.32 Å². The van der Waals surface area contributed by atoms with Crippen molar-refractivity contribution in [1.29, 1.82) is 0 Å². The number of amides is 1. The van der Waals surface area contributed by atoms with Gasteiger partial charge in [0, 0.05) is 13.1 Å². The predicted octanol–water partition coefficient (Wildman–Crippen LogP) is 3.05. The van der Waals surface area contributed by atoms with Crippen LogP contribution in [0.1, 0.15) is 31.4 Å². The maximum atomic E-state index is 12.5. The van der Waals surface area contributed by atoms with Crippen LogP contribution in [0.5, 0.6) is 0 Å². The van der Waals surface area contributed by atoms with Gasteiger partial charge >= 0.3 is 6.18 Å². The first-order valence-corrected chi connectivity index (χ1v) is 6.89. The van der Waals surface area contributed by atoms with Crippen molar-refractivity contribution in [3.8, 4) is 0 Å². The Morgan fingerprint density at radius 2 is 1.86 bits per heavy atom. The Kier molecular flexibility index (Phi) is 6.20. The summed E-state index contributed by atoms with van der Waals surface area (Å²) in [5.41, 5.74) is 0.0725. The molecule has 118 valence electrons. The van der Waals surface area contributed by atoms with Gasteiger partial charge in [0.25, 0.3) is 0 Å². The van der Waals surface area contributed by atoms with E-state index in [1.807, 2.05) is 6.92 Å². The van der Waals surface area contributed by atoms with Crippen LogP contribution in [0, 0.1) is 0 Å². The van der Waals surface area contributed by atoms with Crippen molar-refractivity contribution in [2.24, 2.45) is 0 Å². The largest absolute Gasteiger partial charge is 0.416 e. The molecule has 0 aromatic heterocycles. The van der Waals surface area contributed by atoms with E-state index >= 15 is 0 Å². The lowest BCUT2D eigenvalue weighted by atomic mass is 10.1. The number of benzene rings is 1. The fourth-order valence-corrected chi connectivity index (χ4v) is 1.82. The number of halogens is 3. The Morgan fingerprint density at radius 3 is 2.33 bits per heavy atom. The van der Waals surface area contributed by atoms with Crippen LogP contribution in [-0.4, -0.2) is 30.4 Å². The maximum absolute atomic E-state index is 12.5. The summed E-state index contributed by atoms with van der Waals surface area (Å²) in [5, 5.41) is 2.80. The van der Waals surface area contributed by atoms with E-state index in [2.05, 4.69) is 5.32 Å². The van der Waals surface area contributed by atoms with E-state index in [-0.39, 0.29) is 11.9 Å². The Bertz CT molecular complexity index is 457. The van der Waals surface area contributed by atoms with E-state index in [0.29, 0.717) is 13.1 Å². The summed E-state index contributed by atoms with van der Waals surface area (Å²) in [7, 11) is 1.77. The molecule has 0 saturated heterocycles. The van der Waals surface area contributed by atoms with Crippen LogP contribution in [0.3, 0.4) is 0 Å². The van der Waals surface area contributed by atoms with Gasteiger partial charge in [-0.3, -0.25) is 9.69 Å². The molecule has 3 nitrogen and oxygen atoms in total. The molecular weight excluding hydrogens is 281 g/mol. The molecule has 1 atom stereocenters. The molecule has 0 spiro atoms. The normalized spacial score (nSPS) is 13.3. The highest BCUT2D eigenvalue weighted by molar-refractivity contribution is 5.81. The Hall–Kier alpha value is -1.56. The van der Waals surface area contributed by atoms with Gasteiger partial charge in [-0.05, 0) is 38.1 Å². The van der Waals surface area contributed by atoms with Crippen LogP contribution in [0.2, 0.25) is 0 Å². The number of alkyl halides is 3. The zero-order valence-corrected chi connectivity index (χ0v) is 12.5. The lowest BCUT2D eigenvalue weighted by Gasteiger charge is -2.24. The van der Waals surface area contributed by atoms with Gasteiger partial charge in [0.15, 0.2) is 0 Å². The van der Waals surface area contributed by atoms with Gasteiger partial charge in [0.05, 0.1) is 11.6 Å². The molecule has 1 rings (SSSR count). The van der Waals surface area contributed by atoms with E-state index in [1.54, 1.807) is 18.9 Å². The Morgan fingerprint density at radius 1 is 1.29 bits per heavy atom. The minimum Gasteiger partial charge on any atom is -0.355 e. The Labute approximate surface area is 123 Å². The molecule has 0 aliphatic carbocycles. The number of hydrogen-bond acceptors (Lipinski definition) is 2. The predicted molar refractivity (Wildman–Crippen MR) is 75.7 cm³/mol. The first-order chi connectivity index (χ1) is 9.75. The van der Waals surface area contributed by atoms with Gasteiger partial charge in [0.1, 0.15) is 0 Å². The third-order valence-corrected chi connectivity index (χ3v) is 3.30. The Balaban J connectivity index is 2.62. The highest BCUT2D eigenvalue weighted by Crippen LogP contribution is 2.29. The van der Waals surface area contributed by atoms with Crippen molar-refractivity contribution in [3.63, 3.8) is 0 Å². The molecular formula is C15H21F3N2O. The molecule has 6 heteroatoms. The van der Waals surface area contributed by atoms with Crippen LogP contribution in [0.4, 0.5) is 13.2 Å². The number of carbonyl (C=O) groups excluding carboxylic acids is 1. The van der Waals surface area contributed by atoms with Gasteiger partial charge in [-0.15, -0.1) is 0 Å². The van der Waals surface area contributed by atoms with E-state index in [1.165, 1.54) is 12.1 Å². The molecule has 1 amide bonds. The average molecular weight is 302 g/mol. The second-order valence-corrected chi connectivity index (χ2v) is 5.08. The maximum Gasteiger partial charge on any atom is 0.416 e. The van der Waals surface area contributed by atoms with Gasteiger partial charge < -0.3 is 5.32 Å². The van der Waals surface area contributed by atoms with E-state index in [0.717, 1.165) is 24.1 Å². The summed E-state index contributed by atoms with van der Waals surface area (Å²) < 4.78 is 37.4. The van der Waals surface area contributed by atoms with Gasteiger partial charge in [-0.25, -0.2) is 0 Å². The first-order valence-electron chi connectivity index (χ1n) is 6.89. The smallest absolute Gasteiger partial charge is 0.355 e. The van der Waals surface area contributed by atoms with E-state index < -0.39 is 11.7 Å². The molecule has 0 saturated carbocycles. The lowest BCUT2D eigenvalue weighted by Crippen LogP contribution is -2.43. The summed E-state index contributed by atoms with van der Waals surface area (Å²) >= 11 is 0. The first kappa shape index (κ1) is 17.5. The topological polar surface area (TPSA) is 32.3 Å². The highest BCUT2D eigenvalue weighted by Gasteiger charge is 2.30. The van der Waals surface area contributed by atoms with Gasteiger partial charge in [-0.2, -0.15) is 13.2 Å². The third kappa shape index (κ3) is 5.38. The third-order valence-electron chi connectivity index (χ3n) is 3.30. The minimum absolute atomic E-state index is 0.0775. The van der Waals surface area contributed by atoms with Gasteiger partial charge in [0.2, 0.25) is 5.91 Å². The summed E-state index contributed by atoms with van der Waals surface area (Å²) in [5.74, 6) is -0.0775. The second kappa shape index (κ2) is 7.45. The van der Waals surface area contributed by atoms with Gasteiger partial charge in [-0.1, -0.05) is 19.1 Å². The molecule has 0 fully saturated rings. The molecule has 0 aliphatic rings. The second-order valence-electron chi connectivity index (χ2n) is 5.08. The molecule has 1 N–H and O–H groups in total. The minimum atomic E-state index is -4.32. The summed E-state index contributed by atoms with van der Waals surface area (Å²) in [6, 6.07) is 4.67. The summed E-state index contributed by atoms with van der Waals surface area (Å²) in [4.78, 5) is 13.6. The number of rotatable bonds is 6. The SMILES string of the molecule is CCCNC(=O)C(C)N(C)Cc1ccc(C(F)(F)F)cc1. The monoisotopic (exact) mass is 302 g/mol. The average Bonchev–Trinajstić information content (AvgIpc) is 2.43. The molecule has 1 aromatic rings. The van der Waals surface area contributed by atoms with Crippen molar-refractivity contribution in [1.82, 2.24) is 10.2 Å². The van der Waals surface area contributed by atoms with Crippen molar-refractivity contribution in [3.05, 3.63) is 35.4 Å². The lowest BCUT2D eigenvalue weighted by molar-refractivity contribution is -0.137. The molecule has 0 radical (unpaired) electrons. The highest BCUT2D eigenvalue weighted by atomic mass is 19.4. The number of carbonyl (C=O) groups is 1. The zero-order valence-electron chi connectivity index (χ0n) is 12.5. The van der Waals surface area contributed by atoms with Crippen molar-refractivity contribution in [2.75, 3.05) is 13.6 Å². The van der Waals surface area contributed by atoms with Crippen molar-refractivity contribution < 1.29 is 18.0 Å². The van der Waals surface area contributed by atoms with Crippen LogP contribution in [0.15, 0.2) is 24.3 Å². The number of nitrogens with one attached hydrogen (secondary N) is 1. The van der Waals surface area contributed by atoms with Crippen LogP contribution in [0.25, 0.3) is 0 Å². The van der Waals surface area contributed by atoms with Crippen LogP contribution >= 0.6 is 0 Å². The van der Waals surface area contributed by atoms with Crippen LogP contribution in [-0.2, 0) is 17.5 Å². The van der Waals surface area contributed by atoms with Crippen molar-refractivity contribution >= 4 is 5.91 Å². The van der Waals surface area contributed by atoms with E-state index in [4.69, 9.17) is 0 Å². The molecule has 21 heavy (non-hydrogen) atoms. The standard InChI is InChI=1S/C15H21F3N2O/c1-4-9-19-14(21)11(2)20(3)10-12-5-7-13(8-6-12)15(16,17)18/h5-8,11H,4,9-10H2,1-3H3,(H,19,21). The number of likely N-dealkylation sites (N-methyl/N-ethyl adjacent to an activating group) is 1. The number of hydrogen-bond donors (Lipinski definition) is 1. The molecule has 1 aromatic carbocycles. The fourth-order valence-electron chi connectivity index (χ4n) is 1.82. The number of nitrogens with zero attached hydrogens (tertiary/aromatic N) is 1. The zero-order chi connectivity index (χ0) is 16.0. The molecule has 0 aliphatic heterocycles. The summed E-state index contributed by atoms with van der Waals surface area (Å²) in [6.07, 6.45) is -3.46. The fraction of sp³-hybridized carbons (Fsp3) is 0.533. The quantitative estimate of drug-likeness (QED) is 0.876. The molecule has 0 bridgehead atoms. The van der Waals surface area contributed by atoms with E-state index in [9.17, 15) is 18.0 Å².